The maximum Gasteiger partial charge on any atom is 0.312 e. The van der Waals surface area contributed by atoms with Gasteiger partial charge in [0.15, 0.2) is 5.65 Å². The highest BCUT2D eigenvalue weighted by atomic mass is 19.1. The highest BCUT2D eigenvalue weighted by Gasteiger charge is 2.46. The van der Waals surface area contributed by atoms with Crippen molar-refractivity contribution in [2.75, 3.05) is 18.9 Å². The van der Waals surface area contributed by atoms with Gasteiger partial charge < -0.3 is 25.3 Å². The number of fused-ring (bicyclic) bond motifs is 1. The summed E-state index contributed by atoms with van der Waals surface area (Å²) in [6, 6.07) is 1.69. The average Bonchev–Trinajstić information content (AvgIpc) is 3.00. The van der Waals surface area contributed by atoms with Crippen LogP contribution >= 0.6 is 0 Å². The lowest BCUT2D eigenvalue weighted by atomic mass is 9.90. The number of aliphatic hydroxyl groups is 2. The van der Waals surface area contributed by atoms with Gasteiger partial charge in [0.25, 0.3) is 0 Å². The summed E-state index contributed by atoms with van der Waals surface area (Å²) in [6.07, 6.45) is 0.903. The van der Waals surface area contributed by atoms with E-state index < -0.39 is 17.9 Å². The van der Waals surface area contributed by atoms with Crippen LogP contribution in [0.4, 0.5) is 10.2 Å². The van der Waals surface area contributed by atoms with Crippen LogP contribution in [0.25, 0.3) is 11.0 Å². The van der Waals surface area contributed by atoms with E-state index in [0.29, 0.717) is 17.5 Å². The van der Waals surface area contributed by atoms with E-state index in [-0.39, 0.29) is 24.9 Å². The lowest BCUT2D eigenvalue weighted by molar-refractivity contribution is -0.132. The Hall–Kier alpha value is -1.77. The Morgan fingerprint density at radius 2 is 2.19 bits per heavy atom. The minimum absolute atomic E-state index is 0.0565. The van der Waals surface area contributed by atoms with Crippen LogP contribution in [0, 0.1) is 12.0 Å². The van der Waals surface area contributed by atoms with Gasteiger partial charge in [0.05, 0.1) is 18.6 Å². The Balaban J connectivity index is 2.03. The Kier molecular flexibility index (Phi) is 3.31. The number of nitrogen functional groups attached to an aromatic ring is 1. The maximum atomic E-state index is 13.4. The number of hydrogen-bond donors (Lipinski definition) is 3. The largest absolute Gasteiger partial charge is 0.393 e. The lowest BCUT2D eigenvalue weighted by Gasteiger charge is -2.28. The van der Waals surface area contributed by atoms with Gasteiger partial charge in [0.2, 0.25) is 0 Å². The van der Waals surface area contributed by atoms with E-state index in [0.717, 1.165) is 0 Å². The van der Waals surface area contributed by atoms with Crippen LogP contribution in [0.2, 0.25) is 0 Å². The van der Waals surface area contributed by atoms with Crippen LogP contribution in [0.3, 0.4) is 0 Å². The van der Waals surface area contributed by atoms with Crippen molar-refractivity contribution in [1.29, 1.82) is 0 Å². The zero-order chi connectivity index (χ0) is 15.2. The first kappa shape index (κ1) is 14.2. The van der Waals surface area contributed by atoms with Gasteiger partial charge in [-0.2, -0.15) is 14.4 Å². The molecule has 1 aliphatic heterocycles. The van der Waals surface area contributed by atoms with Gasteiger partial charge in [-0.25, -0.2) is 0 Å². The Morgan fingerprint density at radius 3 is 2.81 bits per heavy atom. The van der Waals surface area contributed by atoms with Crippen molar-refractivity contribution in [3.8, 4) is 0 Å². The number of ether oxygens (including phenoxy) is 1. The first-order chi connectivity index (χ1) is 10.0. The SMILES string of the molecule is C[C@H]1C[C@H](n2ccc3c(N)nc(F)nc32)OC1(CO)CO. The van der Waals surface area contributed by atoms with E-state index in [1.54, 1.807) is 16.8 Å². The molecule has 0 unspecified atom stereocenters. The van der Waals surface area contributed by atoms with Gasteiger partial charge in [-0.05, 0) is 18.4 Å². The van der Waals surface area contributed by atoms with Crippen LogP contribution in [-0.2, 0) is 4.74 Å². The van der Waals surface area contributed by atoms with Crippen LogP contribution in [-0.4, -0.2) is 43.6 Å². The van der Waals surface area contributed by atoms with Crippen molar-refractivity contribution in [1.82, 2.24) is 14.5 Å². The fraction of sp³-hybridized carbons (Fsp3) is 0.538. The predicted molar refractivity (Wildman–Crippen MR) is 72.7 cm³/mol. The molecule has 3 rings (SSSR count). The van der Waals surface area contributed by atoms with Gasteiger partial charge in [-0.15, -0.1) is 0 Å². The number of nitrogens with two attached hydrogens (primary N) is 1. The fourth-order valence-corrected chi connectivity index (χ4v) is 2.82. The average molecular weight is 296 g/mol. The molecule has 2 atom stereocenters. The van der Waals surface area contributed by atoms with Crippen LogP contribution in [0.5, 0.6) is 0 Å². The molecule has 1 fully saturated rings. The number of aromatic nitrogens is 3. The molecular weight excluding hydrogens is 279 g/mol. The third-order valence-electron chi connectivity index (χ3n) is 4.24. The molecule has 2 aromatic rings. The molecule has 2 aromatic heterocycles. The Morgan fingerprint density at radius 1 is 1.48 bits per heavy atom. The van der Waals surface area contributed by atoms with Gasteiger partial charge in [-0.1, -0.05) is 6.92 Å². The topological polar surface area (TPSA) is 106 Å². The smallest absolute Gasteiger partial charge is 0.312 e. The first-order valence-corrected chi connectivity index (χ1v) is 6.70. The minimum atomic E-state index is -1.00. The molecule has 0 aromatic carbocycles. The molecule has 7 nitrogen and oxygen atoms in total. The normalized spacial score (nSPS) is 24.8. The Labute approximate surface area is 120 Å². The van der Waals surface area contributed by atoms with Crippen LogP contribution in [0.15, 0.2) is 12.3 Å². The monoisotopic (exact) mass is 296 g/mol. The third-order valence-corrected chi connectivity index (χ3v) is 4.24. The van der Waals surface area contributed by atoms with E-state index in [1.807, 2.05) is 6.92 Å². The van der Waals surface area contributed by atoms with E-state index >= 15 is 0 Å². The van der Waals surface area contributed by atoms with Gasteiger partial charge in [-0.3, -0.25) is 0 Å². The summed E-state index contributed by atoms with van der Waals surface area (Å²) in [5.74, 6) is 0.0110. The first-order valence-electron chi connectivity index (χ1n) is 6.70. The number of anilines is 1. The minimum Gasteiger partial charge on any atom is -0.393 e. The summed E-state index contributed by atoms with van der Waals surface area (Å²) < 4.78 is 20.9. The Bertz CT molecular complexity index is 671. The van der Waals surface area contributed by atoms with E-state index in [1.165, 1.54) is 0 Å². The predicted octanol–water partition coefficient (Wildman–Crippen LogP) is 0.431. The van der Waals surface area contributed by atoms with E-state index in [9.17, 15) is 14.6 Å². The van der Waals surface area contributed by atoms with Crippen molar-refractivity contribution >= 4 is 16.9 Å². The zero-order valence-electron chi connectivity index (χ0n) is 11.5. The molecule has 3 heterocycles. The van der Waals surface area contributed by atoms with Crippen molar-refractivity contribution in [3.05, 3.63) is 18.3 Å². The molecule has 0 saturated carbocycles. The highest BCUT2D eigenvalue weighted by Crippen LogP contribution is 2.42. The molecule has 4 N–H and O–H groups in total. The molecule has 0 bridgehead atoms. The van der Waals surface area contributed by atoms with E-state index in [4.69, 9.17) is 10.5 Å². The summed E-state index contributed by atoms with van der Waals surface area (Å²) in [5, 5.41) is 19.5. The summed E-state index contributed by atoms with van der Waals surface area (Å²) in [5.41, 5.74) is 5.01. The summed E-state index contributed by atoms with van der Waals surface area (Å²) in [6.45, 7) is 1.32. The number of hydrogen-bond acceptors (Lipinski definition) is 6. The lowest BCUT2D eigenvalue weighted by Crippen LogP contribution is -2.42. The quantitative estimate of drug-likeness (QED) is 0.709. The molecule has 114 valence electrons. The zero-order valence-corrected chi connectivity index (χ0v) is 11.5. The highest BCUT2D eigenvalue weighted by molar-refractivity contribution is 5.86. The second kappa shape index (κ2) is 4.90. The summed E-state index contributed by atoms with van der Waals surface area (Å²) in [4.78, 5) is 7.25. The molecule has 21 heavy (non-hydrogen) atoms. The number of halogens is 1. The number of rotatable bonds is 3. The maximum absolute atomic E-state index is 13.4. The number of nitrogens with zero attached hydrogens (tertiary/aromatic N) is 3. The molecule has 0 amide bonds. The van der Waals surface area contributed by atoms with Crippen LogP contribution in [0.1, 0.15) is 19.6 Å². The van der Waals surface area contributed by atoms with Gasteiger partial charge >= 0.3 is 6.08 Å². The second-order valence-corrected chi connectivity index (χ2v) is 5.43. The molecular formula is C13H17FN4O3. The van der Waals surface area contributed by atoms with Crippen LogP contribution < -0.4 is 5.73 Å². The molecule has 1 saturated heterocycles. The molecule has 0 radical (unpaired) electrons. The molecule has 0 aliphatic carbocycles. The van der Waals surface area contributed by atoms with Crippen molar-refractivity contribution in [3.63, 3.8) is 0 Å². The summed E-state index contributed by atoms with van der Waals surface area (Å²) in [7, 11) is 0. The molecule has 0 spiro atoms. The molecule has 8 heteroatoms. The fourth-order valence-electron chi connectivity index (χ4n) is 2.82. The number of aliphatic hydroxyl groups excluding tert-OH is 2. The van der Waals surface area contributed by atoms with E-state index in [2.05, 4.69) is 9.97 Å². The standard InChI is InChI=1S/C13H17FN4O3/c1-7-4-9(21-13(7,5-19)6-20)18-3-2-8-10(15)16-12(14)17-11(8)18/h2-3,7,9,19-20H,4-6H2,1H3,(H2,15,16,17)/t7-,9+/m0/s1. The van der Waals surface area contributed by atoms with Crippen molar-refractivity contribution in [2.45, 2.75) is 25.2 Å². The summed E-state index contributed by atoms with van der Waals surface area (Å²) >= 11 is 0. The van der Waals surface area contributed by atoms with Gasteiger partial charge in [0.1, 0.15) is 17.6 Å². The second-order valence-electron chi connectivity index (χ2n) is 5.43. The molecule has 1 aliphatic rings. The third kappa shape index (κ3) is 2.06. The van der Waals surface area contributed by atoms with Gasteiger partial charge in [0, 0.05) is 6.20 Å². The van der Waals surface area contributed by atoms with Crippen molar-refractivity contribution < 1.29 is 19.3 Å². The van der Waals surface area contributed by atoms with Crippen molar-refractivity contribution in [2.24, 2.45) is 5.92 Å².